The van der Waals surface area contributed by atoms with Gasteiger partial charge in [0.25, 0.3) is 5.91 Å². The first-order chi connectivity index (χ1) is 11.8. The third kappa shape index (κ3) is 4.69. The van der Waals surface area contributed by atoms with Gasteiger partial charge in [-0.25, -0.2) is 5.43 Å². The lowest BCUT2D eigenvalue weighted by Crippen LogP contribution is -2.20. The van der Waals surface area contributed by atoms with Gasteiger partial charge in [-0.3, -0.25) is 4.79 Å². The first-order valence-electron chi connectivity index (χ1n) is 8.44. The van der Waals surface area contributed by atoms with Gasteiger partial charge in [0.05, 0.1) is 0 Å². The smallest absolute Gasteiger partial charge is 0.271 e. The molecule has 4 heteroatoms. The molecule has 2 aromatic carbocycles. The van der Waals surface area contributed by atoms with E-state index in [1.165, 1.54) is 19.3 Å². The van der Waals surface area contributed by atoms with Crippen LogP contribution in [-0.2, 0) is 6.61 Å². The highest BCUT2D eigenvalue weighted by atomic mass is 16.5. The van der Waals surface area contributed by atoms with Gasteiger partial charge in [0, 0.05) is 11.3 Å². The Bertz CT molecular complexity index is 685. The molecule has 0 spiro atoms. The lowest BCUT2D eigenvalue weighted by atomic mass is 9.99. The van der Waals surface area contributed by atoms with E-state index < -0.39 is 0 Å². The Kier molecular flexibility index (Phi) is 5.61. The number of carbonyl (C=O) groups is 1. The molecule has 1 fully saturated rings. The van der Waals surface area contributed by atoms with E-state index in [-0.39, 0.29) is 5.91 Å². The lowest BCUT2D eigenvalue weighted by Gasteiger charge is -2.12. The highest BCUT2D eigenvalue weighted by Crippen LogP contribution is 2.15. The summed E-state index contributed by atoms with van der Waals surface area (Å²) >= 11 is 0. The molecule has 1 N–H and O–H groups in total. The molecule has 0 bridgehead atoms. The molecule has 124 valence electrons. The molecule has 0 heterocycles. The minimum absolute atomic E-state index is 0.163. The van der Waals surface area contributed by atoms with Crippen LogP contribution in [0.25, 0.3) is 0 Å². The topological polar surface area (TPSA) is 50.7 Å². The quantitative estimate of drug-likeness (QED) is 0.834. The number of nitrogens with one attached hydrogen (secondary N) is 1. The van der Waals surface area contributed by atoms with Crippen molar-refractivity contribution in [3.63, 3.8) is 0 Å². The summed E-state index contributed by atoms with van der Waals surface area (Å²) in [6, 6.07) is 17.1. The molecular formula is C20H22N2O2. The van der Waals surface area contributed by atoms with E-state index in [1.807, 2.05) is 42.5 Å². The van der Waals surface area contributed by atoms with Crippen LogP contribution in [0.3, 0.4) is 0 Å². The van der Waals surface area contributed by atoms with Crippen LogP contribution in [0.2, 0.25) is 0 Å². The van der Waals surface area contributed by atoms with Gasteiger partial charge in [-0.15, -0.1) is 0 Å². The number of carbonyl (C=O) groups excluding carboxylic acids is 1. The second-order valence-electron chi connectivity index (χ2n) is 5.98. The van der Waals surface area contributed by atoms with E-state index in [2.05, 4.69) is 10.5 Å². The van der Waals surface area contributed by atoms with Crippen molar-refractivity contribution in [1.82, 2.24) is 5.43 Å². The van der Waals surface area contributed by atoms with E-state index in [9.17, 15) is 4.79 Å². The molecule has 1 amide bonds. The van der Waals surface area contributed by atoms with Gasteiger partial charge in [-0.2, -0.15) is 5.10 Å². The molecule has 3 rings (SSSR count). The molecule has 4 nitrogen and oxygen atoms in total. The predicted octanol–water partition coefficient (Wildman–Crippen LogP) is 4.32. The average molecular weight is 322 g/mol. The monoisotopic (exact) mass is 322 g/mol. The fourth-order valence-electron chi connectivity index (χ4n) is 2.70. The Balaban J connectivity index is 1.52. The van der Waals surface area contributed by atoms with Crippen LogP contribution in [0, 0.1) is 0 Å². The number of hydrazone groups is 1. The Morgan fingerprint density at radius 1 is 0.958 bits per heavy atom. The van der Waals surface area contributed by atoms with Gasteiger partial charge in [-0.1, -0.05) is 36.8 Å². The Morgan fingerprint density at radius 3 is 2.38 bits per heavy atom. The van der Waals surface area contributed by atoms with Crippen molar-refractivity contribution in [1.29, 1.82) is 0 Å². The van der Waals surface area contributed by atoms with Crippen LogP contribution in [-0.4, -0.2) is 11.6 Å². The van der Waals surface area contributed by atoms with Crippen LogP contribution in [0.1, 0.15) is 48.0 Å². The minimum atomic E-state index is -0.163. The van der Waals surface area contributed by atoms with Crippen LogP contribution >= 0.6 is 0 Å². The van der Waals surface area contributed by atoms with E-state index in [4.69, 9.17) is 4.74 Å². The van der Waals surface area contributed by atoms with Crippen LogP contribution < -0.4 is 10.2 Å². The number of amides is 1. The molecule has 2 aromatic rings. The fourth-order valence-corrected chi connectivity index (χ4v) is 2.70. The average Bonchev–Trinajstić information content (AvgIpc) is 2.66. The maximum absolute atomic E-state index is 12.1. The fraction of sp³-hybridized carbons (Fsp3) is 0.300. The number of hydrogen-bond acceptors (Lipinski definition) is 3. The summed E-state index contributed by atoms with van der Waals surface area (Å²) in [7, 11) is 0. The zero-order valence-electron chi connectivity index (χ0n) is 13.7. The standard InChI is InChI=1S/C20H22N2O2/c23-20(22-21-18-7-3-1-4-8-18)17-13-11-16(12-14-17)15-24-19-9-5-2-6-10-19/h2,5-6,9-14H,1,3-4,7-8,15H2,(H,22,23). The molecule has 0 radical (unpaired) electrons. The number of hydrogen-bond donors (Lipinski definition) is 1. The van der Waals surface area contributed by atoms with E-state index >= 15 is 0 Å². The molecule has 1 aliphatic rings. The predicted molar refractivity (Wildman–Crippen MR) is 95.2 cm³/mol. The maximum atomic E-state index is 12.1. The molecule has 1 saturated carbocycles. The zero-order chi connectivity index (χ0) is 16.6. The Hall–Kier alpha value is -2.62. The van der Waals surface area contributed by atoms with Crippen molar-refractivity contribution in [3.05, 3.63) is 65.7 Å². The highest BCUT2D eigenvalue weighted by molar-refractivity contribution is 5.95. The summed E-state index contributed by atoms with van der Waals surface area (Å²) in [6.07, 6.45) is 5.60. The van der Waals surface area contributed by atoms with Gasteiger partial charge in [0.15, 0.2) is 0 Å². The van der Waals surface area contributed by atoms with Crippen molar-refractivity contribution in [2.45, 2.75) is 38.7 Å². The molecule has 0 atom stereocenters. The summed E-state index contributed by atoms with van der Waals surface area (Å²) in [5.41, 5.74) is 5.40. The summed E-state index contributed by atoms with van der Waals surface area (Å²) in [6.45, 7) is 0.480. The molecule has 0 aromatic heterocycles. The zero-order valence-corrected chi connectivity index (χ0v) is 13.7. The normalized spacial score (nSPS) is 14.1. The SMILES string of the molecule is O=C(NN=C1CCCCC1)c1ccc(COc2ccccc2)cc1. The van der Waals surface area contributed by atoms with Gasteiger partial charge >= 0.3 is 0 Å². The van der Waals surface area contributed by atoms with Gasteiger partial charge in [0.2, 0.25) is 0 Å². The number of para-hydroxylation sites is 1. The lowest BCUT2D eigenvalue weighted by molar-refractivity contribution is 0.0954. The van der Waals surface area contributed by atoms with Crippen LogP contribution in [0.4, 0.5) is 0 Å². The van der Waals surface area contributed by atoms with Crippen LogP contribution in [0.5, 0.6) is 5.75 Å². The molecule has 24 heavy (non-hydrogen) atoms. The number of benzene rings is 2. The first-order valence-corrected chi connectivity index (χ1v) is 8.44. The second-order valence-corrected chi connectivity index (χ2v) is 5.98. The summed E-state index contributed by atoms with van der Waals surface area (Å²) in [4.78, 5) is 12.1. The molecule has 0 unspecified atom stereocenters. The first kappa shape index (κ1) is 16.2. The third-order valence-electron chi connectivity index (χ3n) is 4.11. The van der Waals surface area contributed by atoms with Crippen molar-refractivity contribution in [2.75, 3.05) is 0 Å². The number of nitrogens with zero attached hydrogens (tertiary/aromatic N) is 1. The summed E-state index contributed by atoms with van der Waals surface area (Å²) in [5, 5.41) is 4.25. The van der Waals surface area contributed by atoms with Gasteiger partial charge < -0.3 is 4.74 Å². The largest absolute Gasteiger partial charge is 0.489 e. The minimum Gasteiger partial charge on any atom is -0.489 e. The number of rotatable bonds is 5. The van der Waals surface area contributed by atoms with Crippen LogP contribution in [0.15, 0.2) is 59.7 Å². The van der Waals surface area contributed by atoms with Crippen molar-refractivity contribution in [3.8, 4) is 5.75 Å². The molecular weight excluding hydrogens is 300 g/mol. The van der Waals surface area contributed by atoms with Crippen molar-refractivity contribution < 1.29 is 9.53 Å². The van der Waals surface area contributed by atoms with Crippen molar-refractivity contribution >= 4 is 11.6 Å². The molecule has 0 saturated heterocycles. The molecule has 1 aliphatic carbocycles. The Labute approximate surface area is 142 Å². The summed E-state index contributed by atoms with van der Waals surface area (Å²) < 4.78 is 5.70. The molecule has 0 aliphatic heterocycles. The maximum Gasteiger partial charge on any atom is 0.271 e. The number of ether oxygens (including phenoxy) is 1. The third-order valence-corrected chi connectivity index (χ3v) is 4.11. The van der Waals surface area contributed by atoms with E-state index in [0.29, 0.717) is 12.2 Å². The van der Waals surface area contributed by atoms with E-state index in [1.54, 1.807) is 12.1 Å². The highest BCUT2D eigenvalue weighted by Gasteiger charge is 2.09. The van der Waals surface area contributed by atoms with Crippen molar-refractivity contribution in [2.24, 2.45) is 5.10 Å². The van der Waals surface area contributed by atoms with Gasteiger partial charge in [0.1, 0.15) is 12.4 Å². The summed E-state index contributed by atoms with van der Waals surface area (Å²) in [5.74, 6) is 0.672. The van der Waals surface area contributed by atoms with Gasteiger partial charge in [-0.05, 0) is 55.5 Å². The van der Waals surface area contributed by atoms with E-state index in [0.717, 1.165) is 29.9 Å². The second kappa shape index (κ2) is 8.29. The Morgan fingerprint density at radius 2 is 1.67 bits per heavy atom.